The normalized spacial score (nSPS) is 16.9. The Labute approximate surface area is 189 Å². The summed E-state index contributed by atoms with van der Waals surface area (Å²) >= 11 is 7.49. The summed E-state index contributed by atoms with van der Waals surface area (Å²) in [4.78, 5) is 13.0. The molecule has 1 unspecified atom stereocenters. The highest BCUT2D eigenvalue weighted by Crippen LogP contribution is 2.32. The lowest BCUT2D eigenvalue weighted by Gasteiger charge is -2.15. The lowest BCUT2D eigenvalue weighted by atomic mass is 10.2. The predicted molar refractivity (Wildman–Crippen MR) is 124 cm³/mol. The number of carbonyl (C=O) groups excluding carboxylic acids is 1. The summed E-state index contributed by atoms with van der Waals surface area (Å²) in [7, 11) is 0. The van der Waals surface area contributed by atoms with Gasteiger partial charge in [-0.15, -0.1) is 0 Å². The van der Waals surface area contributed by atoms with E-state index >= 15 is 0 Å². The Kier molecular flexibility index (Phi) is 6.49. The van der Waals surface area contributed by atoms with Gasteiger partial charge in [0.1, 0.15) is 18.2 Å². The number of anilines is 1. The van der Waals surface area contributed by atoms with Crippen molar-refractivity contribution in [3.63, 3.8) is 0 Å². The van der Waals surface area contributed by atoms with E-state index in [1.54, 1.807) is 6.07 Å². The van der Waals surface area contributed by atoms with Gasteiger partial charge in [-0.3, -0.25) is 4.79 Å². The van der Waals surface area contributed by atoms with Crippen molar-refractivity contribution in [2.75, 3.05) is 5.32 Å². The first kappa shape index (κ1) is 21.3. The largest absolute Gasteiger partial charge is 0.489 e. The van der Waals surface area contributed by atoms with Gasteiger partial charge in [-0.2, -0.15) is 0 Å². The fraction of sp³-hybridized carbons (Fsp3) is 0.125. The fourth-order valence-corrected chi connectivity index (χ4v) is 4.21. The van der Waals surface area contributed by atoms with Gasteiger partial charge in [0.05, 0.1) is 4.91 Å². The zero-order valence-electron chi connectivity index (χ0n) is 16.7. The second-order valence-corrected chi connectivity index (χ2v) is 8.65. The van der Waals surface area contributed by atoms with Crippen LogP contribution < -0.4 is 15.4 Å². The minimum Gasteiger partial charge on any atom is -0.489 e. The molecule has 0 bridgehead atoms. The van der Waals surface area contributed by atoms with E-state index < -0.39 is 0 Å². The highest BCUT2D eigenvalue weighted by atomic mass is 35.5. The summed E-state index contributed by atoms with van der Waals surface area (Å²) in [5.41, 5.74) is 3.30. The Balaban J connectivity index is 1.38. The first-order valence-electron chi connectivity index (χ1n) is 9.65. The number of aryl methyl sites for hydroxylation is 1. The molecule has 7 heteroatoms. The zero-order chi connectivity index (χ0) is 21.8. The molecule has 3 aromatic rings. The van der Waals surface area contributed by atoms with Crippen molar-refractivity contribution in [1.29, 1.82) is 0 Å². The van der Waals surface area contributed by atoms with E-state index in [4.69, 9.17) is 16.3 Å². The van der Waals surface area contributed by atoms with Gasteiger partial charge in [0.15, 0.2) is 5.50 Å². The van der Waals surface area contributed by atoms with Crippen molar-refractivity contribution in [2.24, 2.45) is 0 Å². The molecule has 158 valence electrons. The van der Waals surface area contributed by atoms with E-state index in [1.807, 2.05) is 61.5 Å². The molecule has 1 aliphatic rings. The summed E-state index contributed by atoms with van der Waals surface area (Å²) < 4.78 is 19.0. The molecule has 0 aliphatic carbocycles. The van der Waals surface area contributed by atoms with Crippen LogP contribution in [0.1, 0.15) is 16.7 Å². The molecule has 4 rings (SSSR count). The van der Waals surface area contributed by atoms with E-state index in [0.29, 0.717) is 15.7 Å². The molecule has 0 saturated carbocycles. The molecule has 1 heterocycles. The zero-order valence-corrected chi connectivity index (χ0v) is 18.3. The Morgan fingerprint density at radius 2 is 1.97 bits per heavy atom. The van der Waals surface area contributed by atoms with Crippen molar-refractivity contribution in [3.05, 3.63) is 99.2 Å². The average Bonchev–Trinajstić information content (AvgIpc) is 3.09. The average molecular weight is 455 g/mol. The van der Waals surface area contributed by atoms with Crippen LogP contribution in [0.4, 0.5) is 10.1 Å². The Morgan fingerprint density at radius 3 is 2.74 bits per heavy atom. The van der Waals surface area contributed by atoms with Crippen LogP contribution in [0.15, 0.2) is 71.6 Å². The van der Waals surface area contributed by atoms with Crippen molar-refractivity contribution < 1.29 is 13.9 Å². The first-order valence-corrected chi connectivity index (χ1v) is 10.9. The van der Waals surface area contributed by atoms with E-state index in [0.717, 1.165) is 22.4 Å². The standard InChI is InChI=1S/C24H20ClFN2O2S/c1-15-5-8-18(25)13-21(15)27-24-28-23(29)22(31-24)12-16-6-9-20(10-7-16)30-14-17-3-2-4-19(26)11-17/h2-13,24,27H,14H2,1H3,(H,28,29)/b22-12-. The molecular formula is C24H20ClFN2O2S. The minimum atomic E-state index is -0.284. The van der Waals surface area contributed by atoms with Crippen LogP contribution in [0, 0.1) is 12.7 Å². The van der Waals surface area contributed by atoms with E-state index in [2.05, 4.69) is 10.6 Å². The summed E-state index contributed by atoms with van der Waals surface area (Å²) in [5, 5.41) is 6.86. The molecule has 31 heavy (non-hydrogen) atoms. The molecule has 0 spiro atoms. The highest BCUT2D eigenvalue weighted by molar-refractivity contribution is 8.05. The van der Waals surface area contributed by atoms with Gasteiger partial charge >= 0.3 is 0 Å². The molecular weight excluding hydrogens is 435 g/mol. The number of carbonyl (C=O) groups is 1. The van der Waals surface area contributed by atoms with Crippen LogP contribution in [0.2, 0.25) is 5.02 Å². The maximum Gasteiger partial charge on any atom is 0.260 e. The number of thioether (sulfide) groups is 1. The summed E-state index contributed by atoms with van der Waals surface area (Å²) in [6.45, 7) is 2.27. The molecule has 4 nitrogen and oxygen atoms in total. The van der Waals surface area contributed by atoms with Gasteiger partial charge in [0.25, 0.3) is 5.91 Å². The molecule has 1 aliphatic heterocycles. The lowest BCUT2D eigenvalue weighted by Crippen LogP contribution is -2.31. The molecule has 1 amide bonds. The number of hydrogen-bond acceptors (Lipinski definition) is 4. The maximum absolute atomic E-state index is 13.3. The number of rotatable bonds is 6. The fourth-order valence-electron chi connectivity index (χ4n) is 3.06. The topological polar surface area (TPSA) is 50.4 Å². The Bertz CT molecular complexity index is 1130. The van der Waals surface area contributed by atoms with Crippen LogP contribution in [-0.2, 0) is 11.4 Å². The number of ether oxygens (including phenoxy) is 1. The molecule has 1 fully saturated rings. The van der Waals surface area contributed by atoms with Gasteiger partial charge in [-0.25, -0.2) is 4.39 Å². The molecule has 3 aromatic carbocycles. The van der Waals surface area contributed by atoms with E-state index in [1.165, 1.54) is 23.9 Å². The predicted octanol–water partition coefficient (Wildman–Crippen LogP) is 5.97. The molecule has 0 radical (unpaired) electrons. The number of hydrogen-bond donors (Lipinski definition) is 2. The third kappa shape index (κ3) is 5.60. The van der Waals surface area contributed by atoms with Crippen molar-refractivity contribution in [3.8, 4) is 5.75 Å². The van der Waals surface area contributed by atoms with Gasteiger partial charge in [0.2, 0.25) is 0 Å². The monoisotopic (exact) mass is 454 g/mol. The van der Waals surface area contributed by atoms with Crippen LogP contribution in [0.5, 0.6) is 5.75 Å². The van der Waals surface area contributed by atoms with E-state index in [-0.39, 0.29) is 23.8 Å². The summed E-state index contributed by atoms with van der Waals surface area (Å²) in [6, 6.07) is 19.3. The van der Waals surface area contributed by atoms with Crippen LogP contribution >= 0.6 is 23.4 Å². The third-order valence-corrected chi connectivity index (χ3v) is 5.95. The summed E-state index contributed by atoms with van der Waals surface area (Å²) in [6.07, 6.45) is 1.84. The van der Waals surface area contributed by atoms with Crippen LogP contribution in [0.25, 0.3) is 6.08 Å². The molecule has 1 atom stereocenters. The van der Waals surface area contributed by atoms with Crippen molar-refractivity contribution in [1.82, 2.24) is 5.32 Å². The van der Waals surface area contributed by atoms with Crippen molar-refractivity contribution in [2.45, 2.75) is 19.0 Å². The van der Waals surface area contributed by atoms with Crippen molar-refractivity contribution >= 4 is 41.0 Å². The number of halogens is 2. The Morgan fingerprint density at radius 1 is 1.16 bits per heavy atom. The number of nitrogens with one attached hydrogen (secondary N) is 2. The first-order chi connectivity index (χ1) is 15.0. The van der Waals surface area contributed by atoms with E-state index in [9.17, 15) is 9.18 Å². The van der Waals surface area contributed by atoms with Gasteiger partial charge in [-0.1, -0.05) is 53.7 Å². The quantitative estimate of drug-likeness (QED) is 0.451. The lowest BCUT2D eigenvalue weighted by molar-refractivity contribution is -0.116. The number of benzene rings is 3. The second kappa shape index (κ2) is 9.45. The summed E-state index contributed by atoms with van der Waals surface area (Å²) in [5.74, 6) is 0.258. The Hall–Kier alpha value is -2.96. The minimum absolute atomic E-state index is 0.131. The SMILES string of the molecule is Cc1ccc(Cl)cc1NC1NC(=O)/C(=C/c2ccc(OCc3cccc(F)c3)cc2)S1. The third-order valence-electron chi connectivity index (χ3n) is 4.69. The smallest absolute Gasteiger partial charge is 0.260 e. The highest BCUT2D eigenvalue weighted by Gasteiger charge is 2.27. The second-order valence-electron chi connectivity index (χ2n) is 7.07. The molecule has 1 saturated heterocycles. The molecule has 0 aromatic heterocycles. The van der Waals surface area contributed by atoms with Gasteiger partial charge < -0.3 is 15.4 Å². The van der Waals surface area contributed by atoms with Crippen LogP contribution in [-0.4, -0.2) is 11.4 Å². The van der Waals surface area contributed by atoms with Gasteiger partial charge in [0, 0.05) is 10.7 Å². The van der Waals surface area contributed by atoms with Crippen LogP contribution in [0.3, 0.4) is 0 Å². The maximum atomic E-state index is 13.3. The molecule has 2 N–H and O–H groups in total. The number of amides is 1. The van der Waals surface area contributed by atoms with Gasteiger partial charge in [-0.05, 0) is 66.1 Å².